The summed E-state index contributed by atoms with van der Waals surface area (Å²) in [6, 6.07) is -0.182. The third-order valence-corrected chi connectivity index (χ3v) is 5.36. The number of carbonyl (C=O) groups excluding carboxylic acids is 1. The zero-order valence-corrected chi connectivity index (χ0v) is 15.0. The van der Waals surface area contributed by atoms with Gasteiger partial charge in [-0.05, 0) is 20.8 Å². The molecule has 8 heteroatoms. The summed E-state index contributed by atoms with van der Waals surface area (Å²) >= 11 is 1.52. The molecule has 1 N–H and O–H groups in total. The molecule has 0 saturated carbocycles. The molecule has 1 atom stereocenters. The van der Waals surface area contributed by atoms with Gasteiger partial charge in [0.25, 0.3) is 0 Å². The Morgan fingerprint density at radius 3 is 2.58 bits per heavy atom. The zero-order valence-electron chi connectivity index (χ0n) is 14.2. The molecular weight excluding hydrogens is 324 g/mol. The molecular formula is C16H22N6OS. The van der Waals surface area contributed by atoms with E-state index in [0.29, 0.717) is 5.13 Å². The van der Waals surface area contributed by atoms with Crippen molar-refractivity contribution in [3.05, 3.63) is 29.2 Å². The third-order valence-electron chi connectivity index (χ3n) is 4.37. The molecule has 2 aromatic heterocycles. The number of nitrogens with one attached hydrogen (secondary N) is 1. The van der Waals surface area contributed by atoms with Crippen LogP contribution in [0.1, 0.15) is 17.5 Å². The average molecular weight is 346 g/mol. The molecule has 1 saturated heterocycles. The minimum atomic E-state index is -0.182. The number of hydrogen-bond donors (Lipinski definition) is 1. The average Bonchev–Trinajstić information content (AvgIpc) is 2.92. The Kier molecular flexibility index (Phi) is 5.06. The van der Waals surface area contributed by atoms with Gasteiger partial charge in [0.2, 0.25) is 5.91 Å². The Balaban J connectivity index is 1.54. The minimum Gasteiger partial charge on any atom is -0.353 e. The van der Waals surface area contributed by atoms with Gasteiger partial charge in [-0.25, -0.2) is 9.97 Å². The second-order valence-corrected chi connectivity index (χ2v) is 7.12. The van der Waals surface area contributed by atoms with Crippen LogP contribution < -0.4 is 10.2 Å². The minimum absolute atomic E-state index is 0.00305. The van der Waals surface area contributed by atoms with E-state index < -0.39 is 0 Å². The molecule has 0 aromatic carbocycles. The molecule has 1 aliphatic heterocycles. The van der Waals surface area contributed by atoms with Crippen molar-refractivity contribution < 1.29 is 4.79 Å². The quantitative estimate of drug-likeness (QED) is 0.908. The summed E-state index contributed by atoms with van der Waals surface area (Å²) in [5.41, 5.74) is 0.973. The Labute approximate surface area is 145 Å². The Morgan fingerprint density at radius 1 is 1.25 bits per heavy atom. The predicted octanol–water partition coefficient (Wildman–Crippen LogP) is 1.70. The molecule has 128 valence electrons. The van der Waals surface area contributed by atoms with E-state index in [9.17, 15) is 4.79 Å². The van der Waals surface area contributed by atoms with Crippen molar-refractivity contribution in [2.45, 2.75) is 26.8 Å². The number of thiazole rings is 1. The first-order chi connectivity index (χ1) is 11.5. The second kappa shape index (κ2) is 7.23. The van der Waals surface area contributed by atoms with Crippen molar-refractivity contribution >= 4 is 28.2 Å². The van der Waals surface area contributed by atoms with Gasteiger partial charge in [0.05, 0.1) is 17.9 Å². The largest absolute Gasteiger partial charge is 0.353 e. The van der Waals surface area contributed by atoms with Crippen LogP contribution in [0.15, 0.2) is 18.6 Å². The van der Waals surface area contributed by atoms with Crippen LogP contribution in [0.5, 0.6) is 0 Å². The summed E-state index contributed by atoms with van der Waals surface area (Å²) < 4.78 is 0. The van der Waals surface area contributed by atoms with Gasteiger partial charge >= 0.3 is 0 Å². The van der Waals surface area contributed by atoms with Gasteiger partial charge in [-0.15, -0.1) is 11.3 Å². The van der Waals surface area contributed by atoms with E-state index in [1.54, 1.807) is 18.6 Å². The molecule has 7 nitrogen and oxygen atoms in total. The van der Waals surface area contributed by atoms with E-state index in [0.717, 1.165) is 42.6 Å². The van der Waals surface area contributed by atoms with Crippen LogP contribution in [0.3, 0.4) is 0 Å². The Hall–Kier alpha value is -2.06. The topological polar surface area (TPSA) is 74.2 Å². The lowest BCUT2D eigenvalue weighted by Crippen LogP contribution is -2.53. The van der Waals surface area contributed by atoms with Gasteiger partial charge in [0.1, 0.15) is 5.82 Å². The molecule has 1 fully saturated rings. The highest BCUT2D eigenvalue weighted by Gasteiger charge is 2.26. The van der Waals surface area contributed by atoms with Crippen molar-refractivity contribution in [2.75, 3.05) is 36.4 Å². The number of aryl methyl sites for hydroxylation is 2. The second-order valence-electron chi connectivity index (χ2n) is 5.91. The number of rotatable bonds is 4. The van der Waals surface area contributed by atoms with Crippen LogP contribution in [0.25, 0.3) is 0 Å². The van der Waals surface area contributed by atoms with Gasteiger partial charge in [0, 0.05) is 43.4 Å². The predicted molar refractivity (Wildman–Crippen MR) is 95.5 cm³/mol. The smallest absolute Gasteiger partial charge is 0.243 e. The monoisotopic (exact) mass is 346 g/mol. The van der Waals surface area contributed by atoms with E-state index in [4.69, 9.17) is 0 Å². The molecule has 1 aliphatic rings. The molecule has 0 radical (unpaired) electrons. The Morgan fingerprint density at radius 2 is 2.00 bits per heavy atom. The van der Waals surface area contributed by atoms with E-state index in [2.05, 4.69) is 30.1 Å². The number of amides is 1. The lowest BCUT2D eigenvalue weighted by molar-refractivity contribution is -0.120. The van der Waals surface area contributed by atoms with E-state index >= 15 is 0 Å². The van der Waals surface area contributed by atoms with Crippen LogP contribution in [0.4, 0.5) is 10.9 Å². The number of hydrogen-bond acceptors (Lipinski definition) is 7. The summed E-state index contributed by atoms with van der Waals surface area (Å²) in [6.07, 6.45) is 5.16. The van der Waals surface area contributed by atoms with Gasteiger partial charge in [-0.2, -0.15) is 0 Å². The molecule has 3 rings (SSSR count). The summed E-state index contributed by atoms with van der Waals surface area (Å²) in [7, 11) is 0. The van der Waals surface area contributed by atoms with Crippen molar-refractivity contribution in [1.82, 2.24) is 19.9 Å². The van der Waals surface area contributed by atoms with Crippen molar-refractivity contribution in [2.24, 2.45) is 0 Å². The fraction of sp³-hybridized carbons (Fsp3) is 0.500. The molecule has 2 aromatic rings. The summed E-state index contributed by atoms with van der Waals surface area (Å²) in [6.45, 7) is 9.23. The lowest BCUT2D eigenvalue weighted by Gasteiger charge is -2.37. The van der Waals surface area contributed by atoms with Gasteiger partial charge in [-0.1, -0.05) is 0 Å². The van der Waals surface area contributed by atoms with Crippen LogP contribution in [-0.2, 0) is 4.79 Å². The molecule has 0 spiro atoms. The van der Waals surface area contributed by atoms with Crippen LogP contribution in [0, 0.1) is 13.8 Å². The molecule has 0 bridgehead atoms. The first kappa shape index (κ1) is 16.8. The first-order valence-corrected chi connectivity index (χ1v) is 8.86. The molecule has 1 amide bonds. The van der Waals surface area contributed by atoms with E-state index in [1.165, 1.54) is 11.3 Å². The zero-order chi connectivity index (χ0) is 17.1. The number of anilines is 2. The number of piperazine rings is 1. The maximum Gasteiger partial charge on any atom is 0.243 e. The molecule has 1 unspecified atom stereocenters. The highest BCUT2D eigenvalue weighted by Crippen LogP contribution is 2.21. The van der Waals surface area contributed by atoms with Crippen LogP contribution in [0.2, 0.25) is 0 Å². The van der Waals surface area contributed by atoms with E-state index in [1.807, 2.05) is 20.8 Å². The van der Waals surface area contributed by atoms with Crippen molar-refractivity contribution in [1.29, 1.82) is 0 Å². The van der Waals surface area contributed by atoms with E-state index in [-0.39, 0.29) is 11.9 Å². The fourth-order valence-corrected chi connectivity index (χ4v) is 3.51. The van der Waals surface area contributed by atoms with Crippen molar-refractivity contribution in [3.8, 4) is 0 Å². The standard InChI is InChI=1S/C16H22N6OS/c1-11-13(3)24-16(19-11)20-15(23)12(2)21-6-8-22(9-7-21)14-10-17-4-5-18-14/h4-5,10,12H,6-9H2,1-3H3,(H,19,20,23). The van der Waals surface area contributed by atoms with Gasteiger partial charge < -0.3 is 10.2 Å². The number of carbonyl (C=O) groups is 1. The number of aromatic nitrogens is 3. The molecule has 24 heavy (non-hydrogen) atoms. The third kappa shape index (κ3) is 3.70. The summed E-state index contributed by atoms with van der Waals surface area (Å²) in [5, 5.41) is 3.61. The SMILES string of the molecule is Cc1nc(NC(=O)C(C)N2CCN(c3cnccn3)CC2)sc1C. The van der Waals surface area contributed by atoms with Crippen LogP contribution >= 0.6 is 11.3 Å². The van der Waals surface area contributed by atoms with Gasteiger partial charge in [-0.3, -0.25) is 14.7 Å². The normalized spacial score (nSPS) is 16.9. The maximum absolute atomic E-state index is 12.5. The summed E-state index contributed by atoms with van der Waals surface area (Å²) in [5.74, 6) is 0.889. The van der Waals surface area contributed by atoms with Crippen LogP contribution in [-0.4, -0.2) is 58.0 Å². The first-order valence-electron chi connectivity index (χ1n) is 8.04. The lowest BCUT2D eigenvalue weighted by atomic mass is 10.2. The highest BCUT2D eigenvalue weighted by atomic mass is 32.1. The highest BCUT2D eigenvalue weighted by molar-refractivity contribution is 7.15. The number of nitrogens with zero attached hydrogens (tertiary/aromatic N) is 5. The Bertz CT molecular complexity index is 676. The maximum atomic E-state index is 12.5. The van der Waals surface area contributed by atoms with Gasteiger partial charge in [0.15, 0.2) is 5.13 Å². The molecule has 3 heterocycles. The van der Waals surface area contributed by atoms with Crippen molar-refractivity contribution in [3.63, 3.8) is 0 Å². The fourth-order valence-electron chi connectivity index (χ4n) is 2.69. The molecule has 0 aliphatic carbocycles. The summed E-state index contributed by atoms with van der Waals surface area (Å²) in [4.78, 5) is 30.8.